The summed E-state index contributed by atoms with van der Waals surface area (Å²) in [4.78, 5) is 1.91. The third-order valence-corrected chi connectivity index (χ3v) is 4.13. The summed E-state index contributed by atoms with van der Waals surface area (Å²) in [6.45, 7) is 0. The SMILES string of the molecule is CN(c1cccc(Cl)c1)c1nnc(-c2ccc(N)cc2Cl)n1C. The second-order valence-electron chi connectivity index (χ2n) is 5.16. The Hall–Kier alpha value is -2.24. The van der Waals surface area contributed by atoms with Crippen molar-refractivity contribution in [2.24, 2.45) is 7.05 Å². The van der Waals surface area contributed by atoms with Gasteiger partial charge in [0.1, 0.15) is 0 Å². The first-order chi connectivity index (χ1) is 11.0. The Kier molecular flexibility index (Phi) is 4.15. The third kappa shape index (κ3) is 2.98. The Balaban J connectivity index is 2.02. The summed E-state index contributed by atoms with van der Waals surface area (Å²) in [5.74, 6) is 1.34. The highest BCUT2D eigenvalue weighted by molar-refractivity contribution is 6.33. The minimum absolute atomic E-state index is 0.539. The van der Waals surface area contributed by atoms with Gasteiger partial charge in [-0.3, -0.25) is 4.57 Å². The van der Waals surface area contributed by atoms with Gasteiger partial charge in [-0.1, -0.05) is 29.3 Å². The van der Waals surface area contributed by atoms with Crippen molar-refractivity contribution in [2.75, 3.05) is 17.7 Å². The Morgan fingerprint density at radius 3 is 2.57 bits per heavy atom. The van der Waals surface area contributed by atoms with E-state index >= 15 is 0 Å². The topological polar surface area (TPSA) is 60.0 Å². The number of rotatable bonds is 3. The van der Waals surface area contributed by atoms with Crippen LogP contribution >= 0.6 is 23.2 Å². The number of halogens is 2. The number of nitrogens with two attached hydrogens (primary N) is 1. The van der Waals surface area contributed by atoms with E-state index in [4.69, 9.17) is 28.9 Å². The zero-order valence-corrected chi connectivity index (χ0v) is 14.2. The van der Waals surface area contributed by atoms with E-state index in [0.717, 1.165) is 11.3 Å². The molecule has 5 nitrogen and oxygen atoms in total. The van der Waals surface area contributed by atoms with E-state index in [1.165, 1.54) is 0 Å². The van der Waals surface area contributed by atoms with E-state index in [1.807, 2.05) is 53.9 Å². The molecule has 0 saturated heterocycles. The fourth-order valence-electron chi connectivity index (χ4n) is 2.36. The van der Waals surface area contributed by atoms with Crippen molar-refractivity contribution in [3.8, 4) is 11.4 Å². The smallest absolute Gasteiger partial charge is 0.231 e. The van der Waals surface area contributed by atoms with Crippen molar-refractivity contribution in [1.82, 2.24) is 14.8 Å². The predicted octanol–water partition coefficient (Wildman–Crippen LogP) is 4.14. The summed E-state index contributed by atoms with van der Waals surface area (Å²) >= 11 is 12.3. The quantitative estimate of drug-likeness (QED) is 0.723. The second-order valence-corrected chi connectivity index (χ2v) is 6.00. The maximum absolute atomic E-state index is 6.27. The van der Waals surface area contributed by atoms with Crippen LogP contribution in [0.4, 0.5) is 17.3 Å². The highest BCUT2D eigenvalue weighted by Gasteiger charge is 2.17. The first-order valence-electron chi connectivity index (χ1n) is 6.91. The molecule has 2 aromatic carbocycles. The first-order valence-corrected chi connectivity index (χ1v) is 7.67. The molecular weight excluding hydrogens is 333 g/mol. The third-order valence-electron chi connectivity index (χ3n) is 3.58. The average molecular weight is 348 g/mol. The largest absolute Gasteiger partial charge is 0.399 e. The van der Waals surface area contributed by atoms with Crippen molar-refractivity contribution in [2.45, 2.75) is 0 Å². The van der Waals surface area contributed by atoms with Crippen LogP contribution in [0.25, 0.3) is 11.4 Å². The molecule has 118 valence electrons. The van der Waals surface area contributed by atoms with Crippen molar-refractivity contribution in [1.29, 1.82) is 0 Å². The first kappa shape index (κ1) is 15.6. The highest BCUT2D eigenvalue weighted by Crippen LogP contribution is 2.31. The molecule has 1 heterocycles. The van der Waals surface area contributed by atoms with E-state index < -0.39 is 0 Å². The lowest BCUT2D eigenvalue weighted by Gasteiger charge is -2.18. The van der Waals surface area contributed by atoms with Gasteiger partial charge in [0.25, 0.3) is 0 Å². The van der Waals surface area contributed by atoms with Gasteiger partial charge in [-0.15, -0.1) is 10.2 Å². The molecule has 3 rings (SSSR count). The van der Waals surface area contributed by atoms with Gasteiger partial charge in [-0.25, -0.2) is 0 Å². The van der Waals surface area contributed by atoms with Gasteiger partial charge in [0, 0.05) is 36.1 Å². The van der Waals surface area contributed by atoms with Crippen LogP contribution in [0.1, 0.15) is 0 Å². The number of aromatic nitrogens is 3. The highest BCUT2D eigenvalue weighted by atomic mass is 35.5. The summed E-state index contributed by atoms with van der Waals surface area (Å²) in [5.41, 5.74) is 8.05. The summed E-state index contributed by atoms with van der Waals surface area (Å²) < 4.78 is 1.87. The van der Waals surface area contributed by atoms with Crippen LogP contribution in [0.3, 0.4) is 0 Å². The van der Waals surface area contributed by atoms with Gasteiger partial charge in [0.15, 0.2) is 5.82 Å². The minimum Gasteiger partial charge on any atom is -0.399 e. The minimum atomic E-state index is 0.539. The summed E-state index contributed by atoms with van der Waals surface area (Å²) in [5, 5.41) is 9.73. The molecule has 0 aliphatic rings. The molecule has 0 bridgehead atoms. The van der Waals surface area contributed by atoms with E-state index in [1.54, 1.807) is 12.1 Å². The lowest BCUT2D eigenvalue weighted by molar-refractivity contribution is 0.890. The van der Waals surface area contributed by atoms with Gasteiger partial charge in [0.2, 0.25) is 5.95 Å². The molecule has 0 aliphatic carbocycles. The monoisotopic (exact) mass is 347 g/mol. The van der Waals surface area contributed by atoms with Crippen LogP contribution in [-0.2, 0) is 7.05 Å². The van der Waals surface area contributed by atoms with Crippen LogP contribution < -0.4 is 10.6 Å². The van der Waals surface area contributed by atoms with E-state index in [9.17, 15) is 0 Å². The van der Waals surface area contributed by atoms with Crippen LogP contribution in [0.2, 0.25) is 10.0 Å². The van der Waals surface area contributed by atoms with E-state index in [0.29, 0.717) is 27.5 Å². The maximum atomic E-state index is 6.27. The van der Waals surface area contributed by atoms with E-state index in [2.05, 4.69) is 10.2 Å². The van der Waals surface area contributed by atoms with Gasteiger partial charge < -0.3 is 10.6 Å². The van der Waals surface area contributed by atoms with E-state index in [-0.39, 0.29) is 0 Å². The van der Waals surface area contributed by atoms with Gasteiger partial charge in [-0.05, 0) is 36.4 Å². The predicted molar refractivity (Wildman–Crippen MR) is 95.4 cm³/mol. The van der Waals surface area contributed by atoms with Crippen LogP contribution in [0.15, 0.2) is 42.5 Å². The lowest BCUT2D eigenvalue weighted by Crippen LogP contribution is -2.14. The number of nitrogen functional groups attached to an aromatic ring is 1. The van der Waals surface area contributed by atoms with Gasteiger partial charge in [-0.2, -0.15) is 0 Å². The van der Waals surface area contributed by atoms with Crippen molar-refractivity contribution in [3.63, 3.8) is 0 Å². The average Bonchev–Trinajstić information content (AvgIpc) is 2.88. The Labute approximate surface area is 144 Å². The Morgan fingerprint density at radius 1 is 1.09 bits per heavy atom. The van der Waals surface area contributed by atoms with Crippen molar-refractivity contribution < 1.29 is 0 Å². The molecule has 0 unspecified atom stereocenters. The molecule has 0 radical (unpaired) electrons. The molecular formula is C16H15Cl2N5. The molecule has 0 amide bonds. The summed E-state index contributed by atoms with van der Waals surface area (Å²) in [6.07, 6.45) is 0. The molecule has 0 saturated carbocycles. The number of benzene rings is 2. The maximum Gasteiger partial charge on any atom is 0.231 e. The zero-order chi connectivity index (χ0) is 16.6. The zero-order valence-electron chi connectivity index (χ0n) is 12.7. The van der Waals surface area contributed by atoms with Gasteiger partial charge >= 0.3 is 0 Å². The molecule has 3 aromatic rings. The molecule has 7 heteroatoms. The molecule has 0 atom stereocenters. The van der Waals surface area contributed by atoms with Crippen molar-refractivity contribution in [3.05, 3.63) is 52.5 Å². The Morgan fingerprint density at radius 2 is 1.87 bits per heavy atom. The fourth-order valence-corrected chi connectivity index (χ4v) is 2.82. The van der Waals surface area contributed by atoms with Crippen molar-refractivity contribution >= 4 is 40.5 Å². The van der Waals surface area contributed by atoms with Crippen LogP contribution in [-0.4, -0.2) is 21.8 Å². The molecule has 0 fully saturated rings. The molecule has 0 aliphatic heterocycles. The van der Waals surface area contributed by atoms with Gasteiger partial charge in [0.05, 0.1) is 5.02 Å². The summed E-state index contributed by atoms with van der Waals surface area (Å²) in [7, 11) is 3.79. The van der Waals surface area contributed by atoms with Crippen LogP contribution in [0.5, 0.6) is 0 Å². The molecule has 2 N–H and O–H groups in total. The number of hydrogen-bond acceptors (Lipinski definition) is 4. The number of anilines is 3. The molecule has 0 spiro atoms. The fraction of sp³-hybridized carbons (Fsp3) is 0.125. The normalized spacial score (nSPS) is 10.8. The lowest BCUT2D eigenvalue weighted by atomic mass is 10.2. The Bertz CT molecular complexity index is 859. The number of nitrogens with zero attached hydrogens (tertiary/aromatic N) is 4. The standard InChI is InChI=1S/C16H15Cl2N5/c1-22(12-5-3-4-10(17)8-12)16-21-20-15(23(16)2)13-7-6-11(19)9-14(13)18/h3-9H,19H2,1-2H3. The van der Waals surface area contributed by atoms with Crippen LogP contribution in [0, 0.1) is 0 Å². The second kappa shape index (κ2) is 6.10. The number of hydrogen-bond donors (Lipinski definition) is 1. The molecule has 23 heavy (non-hydrogen) atoms. The molecule has 1 aromatic heterocycles. The summed E-state index contributed by atoms with van der Waals surface area (Å²) in [6, 6.07) is 12.9.